The maximum atomic E-state index is 3.62. The molecule has 18 heavy (non-hydrogen) atoms. The van der Waals surface area contributed by atoms with Gasteiger partial charge in [-0.05, 0) is 66.9 Å². The third-order valence-corrected chi connectivity index (χ3v) is 7.00. The van der Waals surface area contributed by atoms with E-state index < -0.39 is 0 Å². The van der Waals surface area contributed by atoms with E-state index in [4.69, 9.17) is 0 Å². The van der Waals surface area contributed by atoms with Crippen LogP contribution in [0.1, 0.15) is 37.5 Å². The third kappa shape index (κ3) is 2.20. The van der Waals surface area contributed by atoms with Gasteiger partial charge in [0.2, 0.25) is 0 Å². The number of fused-ring (bicyclic) bond motifs is 1. The van der Waals surface area contributed by atoms with Gasteiger partial charge < -0.3 is 5.32 Å². The van der Waals surface area contributed by atoms with Gasteiger partial charge in [0, 0.05) is 24.0 Å². The summed E-state index contributed by atoms with van der Waals surface area (Å²) in [4.78, 5) is 5.84. The standard InChI is InChI=1S/C14H16BrNS2/c1-8-10(15)7-13(17-8)14(16-2)12-6-9-4-3-5-11(9)18-12/h6-7,14,16H,3-5H2,1-2H3. The molecule has 2 heterocycles. The van der Waals surface area contributed by atoms with Crippen molar-refractivity contribution in [2.45, 2.75) is 32.2 Å². The molecule has 0 amide bonds. The van der Waals surface area contributed by atoms with Gasteiger partial charge in [-0.25, -0.2) is 0 Å². The molecule has 0 aromatic carbocycles. The van der Waals surface area contributed by atoms with Crippen LogP contribution in [0.4, 0.5) is 0 Å². The molecule has 3 rings (SSSR count). The Morgan fingerprint density at radius 1 is 1.22 bits per heavy atom. The molecule has 0 saturated heterocycles. The second-order valence-corrected chi connectivity index (χ2v) is 8.04. The first kappa shape index (κ1) is 12.9. The lowest BCUT2D eigenvalue weighted by Gasteiger charge is -2.12. The van der Waals surface area contributed by atoms with E-state index in [2.05, 4.69) is 47.4 Å². The number of hydrogen-bond acceptors (Lipinski definition) is 3. The molecule has 1 aliphatic carbocycles. The lowest BCUT2D eigenvalue weighted by molar-refractivity contribution is 0.715. The first-order valence-corrected chi connectivity index (χ1v) is 8.66. The van der Waals surface area contributed by atoms with Crippen LogP contribution in [0.25, 0.3) is 0 Å². The van der Waals surface area contributed by atoms with Gasteiger partial charge in [0.05, 0.1) is 6.04 Å². The highest BCUT2D eigenvalue weighted by Gasteiger charge is 2.22. The van der Waals surface area contributed by atoms with Crippen LogP contribution >= 0.6 is 38.6 Å². The van der Waals surface area contributed by atoms with Gasteiger partial charge in [0.25, 0.3) is 0 Å². The van der Waals surface area contributed by atoms with Crippen molar-refractivity contribution >= 4 is 38.6 Å². The maximum Gasteiger partial charge on any atom is 0.0763 e. The predicted octanol–water partition coefficient (Wildman–Crippen LogP) is 4.68. The molecule has 2 aromatic rings. The Kier molecular flexibility index (Phi) is 3.63. The summed E-state index contributed by atoms with van der Waals surface area (Å²) in [6, 6.07) is 5.03. The summed E-state index contributed by atoms with van der Waals surface area (Å²) in [5, 5.41) is 3.46. The Morgan fingerprint density at radius 3 is 2.61 bits per heavy atom. The van der Waals surface area contributed by atoms with Gasteiger partial charge in [-0.2, -0.15) is 0 Å². The normalized spacial score (nSPS) is 15.9. The summed E-state index contributed by atoms with van der Waals surface area (Å²) in [6.45, 7) is 2.17. The van der Waals surface area contributed by atoms with Crippen LogP contribution in [0.2, 0.25) is 0 Å². The van der Waals surface area contributed by atoms with Crippen molar-refractivity contribution in [3.05, 3.63) is 41.7 Å². The molecule has 0 fully saturated rings. The summed E-state index contributed by atoms with van der Waals surface area (Å²) in [5.41, 5.74) is 1.59. The molecule has 2 aromatic heterocycles. The monoisotopic (exact) mass is 341 g/mol. The average molecular weight is 342 g/mol. The van der Waals surface area contributed by atoms with E-state index in [0.717, 1.165) is 0 Å². The molecule has 96 valence electrons. The quantitative estimate of drug-likeness (QED) is 0.854. The zero-order chi connectivity index (χ0) is 12.7. The van der Waals surface area contributed by atoms with Crippen molar-refractivity contribution in [2.75, 3.05) is 7.05 Å². The van der Waals surface area contributed by atoms with Crippen molar-refractivity contribution in [3.63, 3.8) is 0 Å². The average Bonchev–Trinajstić information content (AvgIpc) is 2.96. The number of rotatable bonds is 3. The summed E-state index contributed by atoms with van der Waals surface area (Å²) in [6.07, 6.45) is 3.90. The molecule has 0 bridgehead atoms. The number of nitrogens with one attached hydrogen (secondary N) is 1. The Balaban J connectivity index is 1.96. The molecular weight excluding hydrogens is 326 g/mol. The minimum atomic E-state index is 0.357. The number of thiophene rings is 2. The highest BCUT2D eigenvalue weighted by molar-refractivity contribution is 9.10. The summed E-state index contributed by atoms with van der Waals surface area (Å²) in [7, 11) is 2.05. The fourth-order valence-corrected chi connectivity index (χ4v) is 5.69. The van der Waals surface area contributed by atoms with Gasteiger partial charge in [-0.3, -0.25) is 0 Å². The van der Waals surface area contributed by atoms with Crippen molar-refractivity contribution in [2.24, 2.45) is 0 Å². The molecule has 1 atom stereocenters. The van der Waals surface area contributed by atoms with Crippen LogP contribution in [0, 0.1) is 6.92 Å². The van der Waals surface area contributed by atoms with Crippen LogP contribution in [0.5, 0.6) is 0 Å². The molecular formula is C14H16BrNS2. The Bertz CT molecular complexity index is 529. The molecule has 1 aliphatic rings. The fraction of sp³-hybridized carbons (Fsp3) is 0.429. The van der Waals surface area contributed by atoms with Crippen molar-refractivity contribution in [1.29, 1.82) is 0 Å². The van der Waals surface area contributed by atoms with Gasteiger partial charge in [0.15, 0.2) is 0 Å². The topological polar surface area (TPSA) is 12.0 Å². The molecule has 1 N–H and O–H groups in total. The number of aryl methyl sites for hydroxylation is 3. The van der Waals surface area contributed by atoms with Gasteiger partial charge in [0.1, 0.15) is 0 Å². The van der Waals surface area contributed by atoms with E-state index in [-0.39, 0.29) is 0 Å². The SMILES string of the molecule is CNC(c1cc(Br)c(C)s1)c1cc2c(s1)CCC2. The van der Waals surface area contributed by atoms with E-state index in [0.29, 0.717) is 6.04 Å². The number of halogens is 1. The van der Waals surface area contributed by atoms with Gasteiger partial charge in [-0.15, -0.1) is 22.7 Å². The smallest absolute Gasteiger partial charge is 0.0763 e. The zero-order valence-corrected chi connectivity index (χ0v) is 13.8. The van der Waals surface area contributed by atoms with Crippen molar-refractivity contribution in [3.8, 4) is 0 Å². The fourth-order valence-electron chi connectivity index (χ4n) is 2.54. The van der Waals surface area contributed by atoms with Crippen LogP contribution < -0.4 is 5.32 Å². The van der Waals surface area contributed by atoms with E-state index in [1.165, 1.54) is 38.4 Å². The largest absolute Gasteiger partial charge is 0.308 e. The van der Waals surface area contributed by atoms with Crippen LogP contribution in [0.15, 0.2) is 16.6 Å². The summed E-state index contributed by atoms with van der Waals surface area (Å²) < 4.78 is 1.23. The molecule has 0 aliphatic heterocycles. The summed E-state index contributed by atoms with van der Waals surface area (Å²) in [5.74, 6) is 0. The van der Waals surface area contributed by atoms with Crippen LogP contribution in [-0.2, 0) is 12.8 Å². The second kappa shape index (κ2) is 5.08. The van der Waals surface area contributed by atoms with Crippen LogP contribution in [0.3, 0.4) is 0 Å². The minimum absolute atomic E-state index is 0.357. The van der Waals surface area contributed by atoms with E-state index in [1.807, 2.05) is 22.7 Å². The highest BCUT2D eigenvalue weighted by Crippen LogP contribution is 2.39. The van der Waals surface area contributed by atoms with E-state index in [9.17, 15) is 0 Å². The zero-order valence-electron chi connectivity index (χ0n) is 10.5. The third-order valence-electron chi connectivity index (χ3n) is 3.50. The van der Waals surface area contributed by atoms with Crippen molar-refractivity contribution < 1.29 is 0 Å². The Hall–Kier alpha value is -0.160. The number of hydrogen-bond donors (Lipinski definition) is 1. The lowest BCUT2D eigenvalue weighted by atomic mass is 10.1. The predicted molar refractivity (Wildman–Crippen MR) is 84.0 cm³/mol. The maximum absolute atomic E-state index is 3.62. The van der Waals surface area contributed by atoms with Gasteiger partial charge >= 0.3 is 0 Å². The first-order valence-electron chi connectivity index (χ1n) is 6.23. The van der Waals surface area contributed by atoms with Crippen LogP contribution in [-0.4, -0.2) is 7.05 Å². The van der Waals surface area contributed by atoms with Crippen molar-refractivity contribution in [1.82, 2.24) is 5.32 Å². The molecule has 1 unspecified atom stereocenters. The highest BCUT2D eigenvalue weighted by atomic mass is 79.9. The molecule has 0 spiro atoms. The van der Waals surface area contributed by atoms with Gasteiger partial charge in [-0.1, -0.05) is 0 Å². The second-order valence-electron chi connectivity index (χ2n) is 4.73. The van der Waals surface area contributed by atoms with E-state index >= 15 is 0 Å². The Morgan fingerprint density at radius 2 is 2.00 bits per heavy atom. The lowest BCUT2D eigenvalue weighted by Crippen LogP contribution is -2.15. The minimum Gasteiger partial charge on any atom is -0.308 e. The summed E-state index contributed by atoms with van der Waals surface area (Å²) >= 11 is 7.49. The molecule has 1 nitrogen and oxygen atoms in total. The Labute approximate surface area is 124 Å². The molecule has 0 radical (unpaired) electrons. The molecule has 4 heteroatoms. The molecule has 0 saturated carbocycles. The first-order chi connectivity index (χ1) is 8.69. The van der Waals surface area contributed by atoms with E-state index in [1.54, 1.807) is 10.4 Å².